The second-order valence-electron chi connectivity index (χ2n) is 3.65. The summed E-state index contributed by atoms with van der Waals surface area (Å²) >= 11 is 5.60. The Balaban J connectivity index is 2.23. The van der Waals surface area contributed by atoms with Crippen LogP contribution >= 0.6 is 11.6 Å². The van der Waals surface area contributed by atoms with Gasteiger partial charge in [-0.2, -0.15) is 0 Å². The number of carbonyl (C=O) groups is 1. The third-order valence-electron chi connectivity index (χ3n) is 2.38. The second-order valence-corrected chi connectivity index (χ2v) is 5.50. The van der Waals surface area contributed by atoms with Crippen molar-refractivity contribution >= 4 is 28.4 Å². The maximum Gasteiger partial charge on any atom is 0.372 e. The standard InChI is InChI=1S/C12H8ClFO4S/c13-9-5-8(1-2-10(9)14)19(17)6-7-3-4-18-11(7)12(15)16/h1-5H,6H2,(H,15,16). The summed E-state index contributed by atoms with van der Waals surface area (Å²) in [4.78, 5) is 11.2. The van der Waals surface area contributed by atoms with Gasteiger partial charge in [0.25, 0.3) is 0 Å². The lowest BCUT2D eigenvalue weighted by Gasteiger charge is -2.03. The third kappa shape index (κ3) is 3.02. The summed E-state index contributed by atoms with van der Waals surface area (Å²) in [6.07, 6.45) is 1.22. The summed E-state index contributed by atoms with van der Waals surface area (Å²) in [5.74, 6) is -2.12. The van der Waals surface area contributed by atoms with E-state index in [0.717, 1.165) is 6.07 Å². The fraction of sp³-hybridized carbons (Fsp3) is 0.0833. The van der Waals surface area contributed by atoms with Crippen LogP contribution in [0.2, 0.25) is 5.02 Å². The monoisotopic (exact) mass is 302 g/mol. The Hall–Kier alpha value is -1.66. The minimum atomic E-state index is -1.53. The molecule has 0 aliphatic carbocycles. The average Bonchev–Trinajstić information content (AvgIpc) is 2.80. The highest BCUT2D eigenvalue weighted by molar-refractivity contribution is 7.84. The number of hydrogen-bond donors (Lipinski definition) is 1. The van der Waals surface area contributed by atoms with E-state index in [1.807, 2.05) is 0 Å². The molecular formula is C12H8ClFO4S. The molecule has 0 fully saturated rings. The number of aromatic carboxylic acids is 1. The van der Waals surface area contributed by atoms with Crippen LogP contribution in [0.25, 0.3) is 0 Å². The van der Waals surface area contributed by atoms with E-state index in [1.54, 1.807) is 0 Å². The van der Waals surface area contributed by atoms with Gasteiger partial charge in [-0.3, -0.25) is 4.21 Å². The Morgan fingerprint density at radius 3 is 2.79 bits per heavy atom. The minimum absolute atomic E-state index is 0.0416. The molecular weight excluding hydrogens is 295 g/mol. The van der Waals surface area contributed by atoms with E-state index in [2.05, 4.69) is 0 Å². The molecule has 1 aromatic carbocycles. The van der Waals surface area contributed by atoms with Gasteiger partial charge in [-0.05, 0) is 24.3 Å². The maximum atomic E-state index is 13.0. The van der Waals surface area contributed by atoms with E-state index in [4.69, 9.17) is 21.1 Å². The van der Waals surface area contributed by atoms with Crippen LogP contribution in [0.15, 0.2) is 39.8 Å². The first-order valence-corrected chi connectivity index (χ1v) is 6.82. The van der Waals surface area contributed by atoms with Gasteiger partial charge in [-0.25, -0.2) is 9.18 Å². The Kier molecular flexibility index (Phi) is 4.01. The molecule has 0 amide bonds. The first-order chi connectivity index (χ1) is 8.99. The Labute approximate surface area is 115 Å². The van der Waals surface area contributed by atoms with Gasteiger partial charge in [0, 0.05) is 10.5 Å². The minimum Gasteiger partial charge on any atom is -0.475 e. The maximum absolute atomic E-state index is 13.0. The normalized spacial score (nSPS) is 12.3. The van der Waals surface area contributed by atoms with Crippen molar-refractivity contribution in [2.24, 2.45) is 0 Å². The molecule has 0 saturated heterocycles. The molecule has 1 aromatic heterocycles. The summed E-state index contributed by atoms with van der Waals surface area (Å²) in [6, 6.07) is 5.15. The van der Waals surface area contributed by atoms with Crippen molar-refractivity contribution in [3.63, 3.8) is 0 Å². The van der Waals surface area contributed by atoms with Gasteiger partial charge in [0.05, 0.1) is 27.8 Å². The molecule has 0 bridgehead atoms. The summed E-state index contributed by atoms with van der Waals surface area (Å²) in [6.45, 7) is 0. The van der Waals surface area contributed by atoms with Gasteiger partial charge >= 0.3 is 5.97 Å². The van der Waals surface area contributed by atoms with Crippen molar-refractivity contribution in [2.75, 3.05) is 0 Å². The first kappa shape index (κ1) is 13.8. The van der Waals surface area contributed by atoms with Crippen LogP contribution < -0.4 is 0 Å². The summed E-state index contributed by atoms with van der Waals surface area (Å²) in [5, 5.41) is 8.73. The highest BCUT2D eigenvalue weighted by Crippen LogP contribution is 2.21. The molecule has 2 rings (SSSR count). The van der Waals surface area contributed by atoms with Crippen LogP contribution in [0.3, 0.4) is 0 Å². The van der Waals surface area contributed by atoms with Crippen molar-refractivity contribution in [1.29, 1.82) is 0 Å². The third-order valence-corrected chi connectivity index (χ3v) is 4.02. The van der Waals surface area contributed by atoms with Crippen molar-refractivity contribution in [1.82, 2.24) is 0 Å². The molecule has 7 heteroatoms. The van der Waals surface area contributed by atoms with Crippen LogP contribution in [0.4, 0.5) is 4.39 Å². The van der Waals surface area contributed by atoms with E-state index in [9.17, 15) is 13.4 Å². The van der Waals surface area contributed by atoms with Crippen LogP contribution in [-0.4, -0.2) is 15.3 Å². The number of carboxylic acid groups (broad SMARTS) is 1. The number of rotatable bonds is 4. The van der Waals surface area contributed by atoms with Crippen molar-refractivity contribution < 1.29 is 22.9 Å². The molecule has 0 aliphatic heterocycles. The lowest BCUT2D eigenvalue weighted by Crippen LogP contribution is -2.02. The van der Waals surface area contributed by atoms with Gasteiger partial charge in [0.2, 0.25) is 5.76 Å². The van der Waals surface area contributed by atoms with Gasteiger partial charge in [-0.1, -0.05) is 11.6 Å². The quantitative estimate of drug-likeness (QED) is 0.942. The Bertz CT molecular complexity index is 653. The first-order valence-electron chi connectivity index (χ1n) is 5.12. The molecule has 0 aliphatic rings. The summed E-state index contributed by atoms with van der Waals surface area (Å²) in [5.41, 5.74) is 0.311. The number of hydrogen-bond acceptors (Lipinski definition) is 3. The Morgan fingerprint density at radius 2 is 2.16 bits per heavy atom. The molecule has 0 saturated carbocycles. The number of furan rings is 1. The molecule has 19 heavy (non-hydrogen) atoms. The molecule has 1 atom stereocenters. The van der Waals surface area contributed by atoms with E-state index >= 15 is 0 Å². The topological polar surface area (TPSA) is 67.5 Å². The summed E-state index contributed by atoms with van der Waals surface area (Å²) < 4.78 is 29.8. The molecule has 1 heterocycles. The molecule has 2 aromatic rings. The lowest BCUT2D eigenvalue weighted by molar-refractivity contribution is 0.0661. The zero-order valence-corrected chi connectivity index (χ0v) is 11.0. The SMILES string of the molecule is O=C(O)c1occc1CS(=O)c1ccc(F)c(Cl)c1. The van der Waals surface area contributed by atoms with E-state index in [0.29, 0.717) is 10.5 Å². The van der Waals surface area contributed by atoms with E-state index in [-0.39, 0.29) is 16.5 Å². The van der Waals surface area contributed by atoms with Gasteiger partial charge in [0.15, 0.2) is 0 Å². The summed E-state index contributed by atoms with van der Waals surface area (Å²) in [7, 11) is -1.53. The highest BCUT2D eigenvalue weighted by Gasteiger charge is 2.17. The zero-order chi connectivity index (χ0) is 14.0. The fourth-order valence-corrected chi connectivity index (χ4v) is 2.87. The smallest absolute Gasteiger partial charge is 0.372 e. The van der Waals surface area contributed by atoms with E-state index in [1.165, 1.54) is 24.5 Å². The van der Waals surface area contributed by atoms with Crippen molar-refractivity contribution in [3.8, 4) is 0 Å². The predicted molar refractivity (Wildman–Crippen MR) is 67.2 cm³/mol. The van der Waals surface area contributed by atoms with Crippen LogP contribution in [0, 0.1) is 5.82 Å². The molecule has 1 N–H and O–H groups in total. The molecule has 0 radical (unpaired) electrons. The van der Waals surface area contributed by atoms with Gasteiger partial charge in [0.1, 0.15) is 5.82 Å². The molecule has 1 unspecified atom stereocenters. The average molecular weight is 303 g/mol. The van der Waals surface area contributed by atoms with Crippen LogP contribution in [0.1, 0.15) is 16.1 Å². The second kappa shape index (κ2) is 5.54. The van der Waals surface area contributed by atoms with E-state index < -0.39 is 22.6 Å². The highest BCUT2D eigenvalue weighted by atomic mass is 35.5. The number of halogens is 2. The largest absolute Gasteiger partial charge is 0.475 e. The van der Waals surface area contributed by atoms with Gasteiger partial charge in [-0.15, -0.1) is 0 Å². The fourth-order valence-electron chi connectivity index (χ4n) is 1.48. The van der Waals surface area contributed by atoms with Crippen LogP contribution in [0.5, 0.6) is 0 Å². The van der Waals surface area contributed by atoms with Crippen molar-refractivity contribution in [3.05, 3.63) is 52.7 Å². The zero-order valence-electron chi connectivity index (χ0n) is 9.43. The molecule has 0 spiro atoms. The lowest BCUT2D eigenvalue weighted by atomic mass is 10.3. The number of benzene rings is 1. The predicted octanol–water partition coefficient (Wildman–Crippen LogP) is 3.08. The van der Waals surface area contributed by atoms with Crippen LogP contribution in [-0.2, 0) is 16.6 Å². The Morgan fingerprint density at radius 1 is 1.42 bits per heavy atom. The van der Waals surface area contributed by atoms with Crippen molar-refractivity contribution in [2.45, 2.75) is 10.6 Å². The number of carboxylic acids is 1. The van der Waals surface area contributed by atoms with Gasteiger partial charge < -0.3 is 9.52 Å². The molecule has 100 valence electrons. The molecule has 4 nitrogen and oxygen atoms in total.